The number of hydrogen-bond acceptors (Lipinski definition) is 4. The number of ether oxygens (including phenoxy) is 2. The van der Waals surface area contributed by atoms with E-state index in [0.717, 1.165) is 28.2 Å². The summed E-state index contributed by atoms with van der Waals surface area (Å²) in [6.07, 6.45) is 0.433. The Hall–Kier alpha value is -3.40. The van der Waals surface area contributed by atoms with Crippen molar-refractivity contribution < 1.29 is 14.3 Å². The van der Waals surface area contributed by atoms with Gasteiger partial charge in [-0.2, -0.15) is 0 Å². The van der Waals surface area contributed by atoms with Crippen molar-refractivity contribution >= 4 is 11.7 Å². The molecule has 0 N–H and O–H groups in total. The molecule has 160 valence electrons. The predicted molar refractivity (Wildman–Crippen MR) is 125 cm³/mol. The second-order valence-corrected chi connectivity index (χ2v) is 8.31. The Morgan fingerprint density at radius 2 is 1.35 bits per heavy atom. The number of nitrogens with zero attached hydrogens (tertiary/aromatic N) is 1. The van der Waals surface area contributed by atoms with E-state index >= 15 is 0 Å². The van der Waals surface area contributed by atoms with E-state index in [4.69, 9.17) is 14.5 Å². The van der Waals surface area contributed by atoms with Gasteiger partial charge in [0.25, 0.3) is 0 Å². The first-order valence-corrected chi connectivity index (χ1v) is 10.4. The van der Waals surface area contributed by atoms with E-state index in [9.17, 15) is 4.79 Å². The molecule has 3 aromatic carbocycles. The zero-order valence-electron chi connectivity index (χ0n) is 18.5. The van der Waals surface area contributed by atoms with Gasteiger partial charge in [0.1, 0.15) is 11.4 Å². The average Bonchev–Trinajstić information content (AvgIpc) is 2.77. The van der Waals surface area contributed by atoms with Gasteiger partial charge < -0.3 is 9.47 Å². The molecule has 0 aliphatic rings. The fourth-order valence-electron chi connectivity index (χ4n) is 3.20. The molecule has 0 radical (unpaired) electrons. The molecule has 0 aromatic heterocycles. The smallest absolute Gasteiger partial charge is 0.331 e. The Morgan fingerprint density at radius 3 is 1.81 bits per heavy atom. The van der Waals surface area contributed by atoms with E-state index in [1.165, 1.54) is 0 Å². The quantitative estimate of drug-likeness (QED) is 0.379. The number of methoxy groups -OCH3 is 1. The number of carbonyl (C=O) groups is 1. The third-order valence-corrected chi connectivity index (χ3v) is 4.65. The highest BCUT2D eigenvalue weighted by atomic mass is 16.6. The molecule has 4 heteroatoms. The van der Waals surface area contributed by atoms with Crippen molar-refractivity contribution in [2.24, 2.45) is 4.99 Å². The third-order valence-electron chi connectivity index (χ3n) is 4.65. The molecule has 0 amide bonds. The van der Waals surface area contributed by atoms with Gasteiger partial charge in [0.15, 0.2) is 6.04 Å². The highest BCUT2D eigenvalue weighted by Gasteiger charge is 2.26. The van der Waals surface area contributed by atoms with Gasteiger partial charge in [0.2, 0.25) is 0 Å². The highest BCUT2D eigenvalue weighted by molar-refractivity contribution is 6.13. The van der Waals surface area contributed by atoms with Crippen molar-refractivity contribution in [2.45, 2.75) is 38.8 Å². The number of aliphatic imine (C=N–C) groups is 1. The van der Waals surface area contributed by atoms with Gasteiger partial charge in [0, 0.05) is 17.5 Å². The van der Waals surface area contributed by atoms with Gasteiger partial charge in [-0.3, -0.25) is 4.99 Å². The average molecular weight is 416 g/mol. The van der Waals surface area contributed by atoms with Crippen LogP contribution in [0.2, 0.25) is 0 Å². The van der Waals surface area contributed by atoms with Crippen LogP contribution in [0.15, 0.2) is 89.9 Å². The van der Waals surface area contributed by atoms with Crippen molar-refractivity contribution in [3.05, 3.63) is 102 Å². The zero-order valence-corrected chi connectivity index (χ0v) is 18.5. The molecule has 0 unspecified atom stereocenters. The van der Waals surface area contributed by atoms with Crippen LogP contribution in [0.1, 0.15) is 37.5 Å². The Bertz CT molecular complexity index is 962. The Balaban J connectivity index is 2.03. The van der Waals surface area contributed by atoms with E-state index in [2.05, 4.69) is 0 Å². The van der Waals surface area contributed by atoms with Crippen LogP contribution in [0, 0.1) is 0 Å². The second-order valence-electron chi connectivity index (χ2n) is 8.31. The number of benzene rings is 3. The van der Waals surface area contributed by atoms with Gasteiger partial charge in [-0.15, -0.1) is 0 Å². The van der Waals surface area contributed by atoms with E-state index in [1.54, 1.807) is 7.11 Å². The minimum Gasteiger partial charge on any atom is -0.497 e. The summed E-state index contributed by atoms with van der Waals surface area (Å²) in [4.78, 5) is 18.1. The lowest BCUT2D eigenvalue weighted by Crippen LogP contribution is -2.33. The van der Waals surface area contributed by atoms with Crippen LogP contribution < -0.4 is 4.74 Å². The maximum Gasteiger partial charge on any atom is 0.331 e. The monoisotopic (exact) mass is 415 g/mol. The zero-order chi connectivity index (χ0) is 22.3. The van der Waals surface area contributed by atoms with Crippen LogP contribution >= 0.6 is 0 Å². The topological polar surface area (TPSA) is 47.9 Å². The first-order chi connectivity index (χ1) is 14.9. The third kappa shape index (κ3) is 6.54. The summed E-state index contributed by atoms with van der Waals surface area (Å²) >= 11 is 0. The maximum absolute atomic E-state index is 13.1. The number of rotatable bonds is 7. The lowest BCUT2D eigenvalue weighted by Gasteiger charge is -2.23. The molecule has 31 heavy (non-hydrogen) atoms. The summed E-state index contributed by atoms with van der Waals surface area (Å²) in [5.74, 6) is 0.433. The van der Waals surface area contributed by atoms with Crippen LogP contribution in [0.25, 0.3) is 0 Å². The van der Waals surface area contributed by atoms with Gasteiger partial charge >= 0.3 is 5.97 Å². The summed E-state index contributed by atoms with van der Waals surface area (Å²) in [6.45, 7) is 5.61. The minimum absolute atomic E-state index is 0.340. The summed E-state index contributed by atoms with van der Waals surface area (Å²) in [6, 6.07) is 26.9. The molecule has 0 aliphatic carbocycles. The fraction of sp³-hybridized carbons (Fsp3) is 0.259. The van der Waals surface area contributed by atoms with Gasteiger partial charge in [-0.25, -0.2) is 4.79 Å². The van der Waals surface area contributed by atoms with Gasteiger partial charge in [-0.1, -0.05) is 72.8 Å². The van der Waals surface area contributed by atoms with E-state index < -0.39 is 11.6 Å². The van der Waals surface area contributed by atoms with E-state index in [-0.39, 0.29) is 5.97 Å². The molecule has 0 spiro atoms. The van der Waals surface area contributed by atoms with E-state index in [0.29, 0.717) is 6.42 Å². The van der Waals surface area contributed by atoms with E-state index in [1.807, 2.05) is 106 Å². The summed E-state index contributed by atoms with van der Waals surface area (Å²) in [7, 11) is 1.63. The Labute approximate surface area is 184 Å². The standard InChI is InChI=1S/C27H29NO3/c1-27(2,3)31-26(29)24(19-20-15-17-23(30-4)18-16-20)28-25(21-11-7-5-8-12-21)22-13-9-6-10-14-22/h5-18,24H,19H2,1-4H3/t24-/m0/s1. The molecule has 0 saturated heterocycles. The lowest BCUT2D eigenvalue weighted by molar-refractivity contribution is -0.156. The predicted octanol–water partition coefficient (Wildman–Crippen LogP) is 5.49. The number of esters is 1. The SMILES string of the molecule is COc1ccc(C[C@H](N=C(c2ccccc2)c2ccccc2)C(=O)OC(C)(C)C)cc1. The molecular weight excluding hydrogens is 386 g/mol. The van der Waals surface area contributed by atoms with Gasteiger partial charge in [-0.05, 0) is 38.5 Å². The number of hydrogen-bond donors (Lipinski definition) is 0. The Morgan fingerprint density at radius 1 is 0.839 bits per heavy atom. The second kappa shape index (κ2) is 10.1. The normalized spacial score (nSPS) is 12.0. The Kier molecular flexibility index (Phi) is 7.24. The van der Waals surface area contributed by atoms with Crippen LogP contribution in [-0.4, -0.2) is 30.4 Å². The maximum atomic E-state index is 13.1. The number of carbonyl (C=O) groups excluding carboxylic acids is 1. The summed E-state index contributed by atoms with van der Waals surface area (Å²) < 4.78 is 11.0. The fourth-order valence-corrected chi connectivity index (χ4v) is 3.20. The van der Waals surface area contributed by atoms with Crippen molar-refractivity contribution in [2.75, 3.05) is 7.11 Å². The lowest BCUT2D eigenvalue weighted by atomic mass is 10.0. The van der Waals surface area contributed by atoms with Crippen LogP contribution in [0.3, 0.4) is 0 Å². The molecule has 3 aromatic rings. The molecule has 0 heterocycles. The molecule has 0 fully saturated rings. The highest BCUT2D eigenvalue weighted by Crippen LogP contribution is 2.19. The molecule has 4 nitrogen and oxygen atoms in total. The molecular formula is C27H29NO3. The molecule has 0 bridgehead atoms. The molecule has 1 atom stereocenters. The van der Waals surface area contributed by atoms with Crippen LogP contribution in [0.4, 0.5) is 0 Å². The first-order valence-electron chi connectivity index (χ1n) is 10.4. The van der Waals surface area contributed by atoms with Crippen molar-refractivity contribution in [1.29, 1.82) is 0 Å². The molecule has 0 aliphatic heterocycles. The van der Waals surface area contributed by atoms with Crippen LogP contribution in [0.5, 0.6) is 5.75 Å². The van der Waals surface area contributed by atoms with Crippen LogP contribution in [-0.2, 0) is 16.0 Å². The minimum atomic E-state index is -0.678. The summed E-state index contributed by atoms with van der Waals surface area (Å²) in [5, 5.41) is 0. The molecule has 3 rings (SSSR count). The van der Waals surface area contributed by atoms with Crippen molar-refractivity contribution in [3.63, 3.8) is 0 Å². The summed E-state index contributed by atoms with van der Waals surface area (Å²) in [5.41, 5.74) is 3.07. The first kappa shape index (κ1) is 22.3. The molecule has 0 saturated carbocycles. The van der Waals surface area contributed by atoms with Crippen molar-refractivity contribution in [1.82, 2.24) is 0 Å². The largest absolute Gasteiger partial charge is 0.497 e. The van der Waals surface area contributed by atoms with Gasteiger partial charge in [0.05, 0.1) is 12.8 Å². The van der Waals surface area contributed by atoms with Crippen molar-refractivity contribution in [3.8, 4) is 5.75 Å².